The van der Waals surface area contributed by atoms with Gasteiger partial charge in [-0.1, -0.05) is 89.7 Å². The molecule has 0 radical (unpaired) electrons. The van der Waals surface area contributed by atoms with Crippen molar-refractivity contribution in [3.8, 4) is 11.5 Å². The number of hydrogen-bond acceptors (Lipinski definition) is 7. The lowest BCUT2D eigenvalue weighted by molar-refractivity contribution is -0.139. The van der Waals surface area contributed by atoms with Gasteiger partial charge in [0.1, 0.15) is 6.61 Å². The Labute approximate surface area is 269 Å². The molecule has 6 rings (SSSR count). The maximum absolute atomic E-state index is 14.2. The Morgan fingerprint density at radius 2 is 1.73 bits per heavy atom. The average Bonchev–Trinajstić information content (AvgIpc) is 3.34. The van der Waals surface area contributed by atoms with Crippen LogP contribution < -0.4 is 24.4 Å². The van der Waals surface area contributed by atoms with Crippen LogP contribution in [-0.4, -0.2) is 23.8 Å². The van der Waals surface area contributed by atoms with E-state index >= 15 is 0 Å². The second-order valence-electron chi connectivity index (χ2n) is 10.4. The third-order valence-electron chi connectivity index (χ3n) is 7.54. The van der Waals surface area contributed by atoms with Crippen molar-refractivity contribution < 1.29 is 19.0 Å². The highest BCUT2D eigenvalue weighted by Gasteiger charge is 2.34. The van der Waals surface area contributed by atoms with E-state index in [0.29, 0.717) is 43.7 Å². The molecule has 0 fully saturated rings. The smallest absolute Gasteiger partial charge is 0.338 e. The highest BCUT2D eigenvalue weighted by atomic mass is 35.5. The quantitative estimate of drug-likeness (QED) is 0.170. The normalized spacial score (nSPS) is 14.7. The molecule has 1 atom stereocenters. The molecule has 228 valence electrons. The summed E-state index contributed by atoms with van der Waals surface area (Å²) in [6, 6.07) is 26.2. The standard InChI is InChI=1S/C36H31ClN2O5S/c1-4-42-30-19-23(17-18-29(30)44-21-25-12-7-9-16-28(25)37)20-31-34(40)39-33(27-15-10-13-24-11-6-8-14-26(24)27)32(35(41)43-5-2)22(3)38-36(39)45-31/h6-20,33H,4-5,21H2,1-3H3/b31-20-/t33-/m0/s1. The monoisotopic (exact) mass is 638 g/mol. The molecular weight excluding hydrogens is 608 g/mol. The first-order chi connectivity index (χ1) is 21.9. The summed E-state index contributed by atoms with van der Waals surface area (Å²) in [6.45, 7) is 6.39. The molecule has 45 heavy (non-hydrogen) atoms. The molecule has 0 saturated heterocycles. The van der Waals surface area contributed by atoms with Gasteiger partial charge in [-0.2, -0.15) is 0 Å². The van der Waals surface area contributed by atoms with E-state index in [4.69, 9.17) is 30.8 Å². The number of ether oxygens (including phenoxy) is 3. The third-order valence-corrected chi connectivity index (χ3v) is 8.89. The van der Waals surface area contributed by atoms with Crippen LogP contribution in [0, 0.1) is 0 Å². The molecule has 5 aromatic rings. The van der Waals surface area contributed by atoms with E-state index in [1.807, 2.05) is 97.9 Å². The first-order valence-electron chi connectivity index (χ1n) is 14.7. The molecule has 7 nitrogen and oxygen atoms in total. The molecule has 0 N–H and O–H groups in total. The molecule has 2 heterocycles. The fourth-order valence-corrected chi connectivity index (χ4v) is 6.74. The SMILES string of the molecule is CCOC(=O)C1=C(C)N=c2s/c(=C\c3ccc(OCc4ccccc4Cl)c(OCC)c3)c(=O)n2[C@H]1c1cccc2ccccc12. The van der Waals surface area contributed by atoms with E-state index < -0.39 is 12.0 Å². The number of fused-ring (bicyclic) bond motifs is 2. The summed E-state index contributed by atoms with van der Waals surface area (Å²) in [7, 11) is 0. The van der Waals surface area contributed by atoms with Gasteiger partial charge in [-0.25, -0.2) is 9.79 Å². The number of esters is 1. The molecule has 0 bridgehead atoms. The zero-order chi connectivity index (χ0) is 31.5. The van der Waals surface area contributed by atoms with Gasteiger partial charge in [0.2, 0.25) is 0 Å². The second-order valence-corrected chi connectivity index (χ2v) is 11.8. The number of benzene rings is 4. The van der Waals surface area contributed by atoms with E-state index in [1.165, 1.54) is 11.3 Å². The number of nitrogens with zero attached hydrogens (tertiary/aromatic N) is 2. The van der Waals surface area contributed by atoms with Gasteiger partial charge in [-0.05, 0) is 66.9 Å². The highest BCUT2D eigenvalue weighted by molar-refractivity contribution is 7.07. The van der Waals surface area contributed by atoms with Crippen molar-refractivity contribution in [1.29, 1.82) is 0 Å². The fourth-order valence-electron chi connectivity index (χ4n) is 5.50. The van der Waals surface area contributed by atoms with Crippen LogP contribution in [0.25, 0.3) is 16.8 Å². The van der Waals surface area contributed by atoms with Crippen molar-refractivity contribution in [2.24, 2.45) is 4.99 Å². The lowest BCUT2D eigenvalue weighted by atomic mass is 9.91. The lowest BCUT2D eigenvalue weighted by Gasteiger charge is -2.25. The summed E-state index contributed by atoms with van der Waals surface area (Å²) in [5.74, 6) is 0.640. The van der Waals surface area contributed by atoms with Crippen LogP contribution in [0.15, 0.2) is 106 Å². The largest absolute Gasteiger partial charge is 0.490 e. The predicted molar refractivity (Wildman–Crippen MR) is 178 cm³/mol. The molecule has 0 saturated carbocycles. The minimum absolute atomic E-state index is 0.211. The molecule has 4 aromatic carbocycles. The molecule has 0 aliphatic carbocycles. The zero-order valence-electron chi connectivity index (χ0n) is 25.1. The van der Waals surface area contributed by atoms with Gasteiger partial charge in [0, 0.05) is 10.6 Å². The molecule has 1 aromatic heterocycles. The van der Waals surface area contributed by atoms with Crippen molar-refractivity contribution in [1.82, 2.24) is 4.57 Å². The fraction of sp³-hybridized carbons (Fsp3) is 0.194. The van der Waals surface area contributed by atoms with Gasteiger partial charge in [0.25, 0.3) is 5.56 Å². The Balaban J connectivity index is 1.45. The zero-order valence-corrected chi connectivity index (χ0v) is 26.7. The van der Waals surface area contributed by atoms with E-state index in [-0.39, 0.29) is 18.8 Å². The van der Waals surface area contributed by atoms with E-state index in [9.17, 15) is 9.59 Å². The highest BCUT2D eigenvalue weighted by Crippen LogP contribution is 2.35. The van der Waals surface area contributed by atoms with Crippen LogP contribution >= 0.6 is 22.9 Å². The minimum atomic E-state index is -0.701. The van der Waals surface area contributed by atoms with Crippen molar-refractivity contribution >= 4 is 45.8 Å². The van der Waals surface area contributed by atoms with Crippen molar-refractivity contribution in [2.75, 3.05) is 13.2 Å². The van der Waals surface area contributed by atoms with Gasteiger partial charge in [0.15, 0.2) is 16.3 Å². The van der Waals surface area contributed by atoms with Crippen molar-refractivity contribution in [3.05, 3.63) is 138 Å². The van der Waals surface area contributed by atoms with Crippen LogP contribution in [0.5, 0.6) is 11.5 Å². The summed E-state index contributed by atoms with van der Waals surface area (Å²) in [5.41, 5.74) is 3.09. The van der Waals surface area contributed by atoms with E-state index in [2.05, 4.69) is 0 Å². The third kappa shape index (κ3) is 6.03. The van der Waals surface area contributed by atoms with Crippen LogP contribution in [0.4, 0.5) is 0 Å². The summed E-state index contributed by atoms with van der Waals surface area (Å²) in [6.07, 6.45) is 1.81. The van der Waals surface area contributed by atoms with Crippen molar-refractivity contribution in [3.63, 3.8) is 0 Å². The molecule has 9 heteroatoms. The first-order valence-corrected chi connectivity index (χ1v) is 15.9. The number of aromatic nitrogens is 1. The van der Waals surface area contributed by atoms with Crippen LogP contribution in [0.3, 0.4) is 0 Å². The summed E-state index contributed by atoms with van der Waals surface area (Å²) in [4.78, 5) is 32.8. The topological polar surface area (TPSA) is 79.1 Å². The van der Waals surface area contributed by atoms with Gasteiger partial charge in [0.05, 0.1) is 35.1 Å². The average molecular weight is 639 g/mol. The van der Waals surface area contributed by atoms with Gasteiger partial charge in [-0.15, -0.1) is 0 Å². The van der Waals surface area contributed by atoms with Crippen LogP contribution in [0.1, 0.15) is 43.5 Å². The minimum Gasteiger partial charge on any atom is -0.490 e. The lowest BCUT2D eigenvalue weighted by Crippen LogP contribution is -2.40. The van der Waals surface area contributed by atoms with Crippen LogP contribution in [0.2, 0.25) is 5.02 Å². The van der Waals surface area contributed by atoms with E-state index in [1.54, 1.807) is 18.4 Å². The second kappa shape index (κ2) is 13.1. The van der Waals surface area contributed by atoms with Crippen LogP contribution in [-0.2, 0) is 16.1 Å². The Morgan fingerprint density at radius 1 is 0.956 bits per heavy atom. The summed E-state index contributed by atoms with van der Waals surface area (Å²) < 4.78 is 19.5. The molecule has 1 aliphatic heterocycles. The molecule has 0 unspecified atom stereocenters. The first kappa shape index (κ1) is 30.4. The predicted octanol–water partition coefficient (Wildman–Crippen LogP) is 6.58. The van der Waals surface area contributed by atoms with Gasteiger partial charge < -0.3 is 14.2 Å². The number of allylic oxidation sites excluding steroid dienone is 1. The maximum atomic E-state index is 14.2. The summed E-state index contributed by atoms with van der Waals surface area (Å²) >= 11 is 7.59. The number of halogens is 1. The maximum Gasteiger partial charge on any atom is 0.338 e. The Kier molecular flexibility index (Phi) is 8.87. The molecular formula is C36H31ClN2O5S. The number of carbonyl (C=O) groups excluding carboxylic acids is 1. The molecule has 1 aliphatic rings. The van der Waals surface area contributed by atoms with E-state index in [0.717, 1.165) is 27.5 Å². The number of carbonyl (C=O) groups is 1. The number of thiazole rings is 1. The molecule has 0 spiro atoms. The Bertz CT molecular complexity index is 2130. The molecule has 0 amide bonds. The Morgan fingerprint density at radius 3 is 2.53 bits per heavy atom. The number of hydrogen-bond donors (Lipinski definition) is 0. The number of rotatable bonds is 9. The Hall–Kier alpha value is -4.66. The van der Waals surface area contributed by atoms with Gasteiger partial charge in [-0.3, -0.25) is 9.36 Å². The summed E-state index contributed by atoms with van der Waals surface area (Å²) in [5, 5.41) is 2.59. The van der Waals surface area contributed by atoms with Gasteiger partial charge >= 0.3 is 5.97 Å². The van der Waals surface area contributed by atoms with Crippen molar-refractivity contribution in [2.45, 2.75) is 33.4 Å².